The normalized spacial score (nSPS) is 17.0. The lowest BCUT2D eigenvalue weighted by Gasteiger charge is -2.37. The Hall–Kier alpha value is -1.88. The van der Waals surface area contributed by atoms with Gasteiger partial charge in [0.1, 0.15) is 0 Å². The lowest BCUT2D eigenvalue weighted by atomic mass is 9.79. The Morgan fingerprint density at radius 2 is 2.00 bits per heavy atom. The molecule has 0 radical (unpaired) electrons. The van der Waals surface area contributed by atoms with Gasteiger partial charge in [-0.15, -0.1) is 0 Å². The summed E-state index contributed by atoms with van der Waals surface area (Å²) in [6.45, 7) is 0.446. The Kier molecular flexibility index (Phi) is 5.55. The first kappa shape index (κ1) is 16.5. The third-order valence-corrected chi connectivity index (χ3v) is 4.18. The molecule has 0 saturated heterocycles. The summed E-state index contributed by atoms with van der Waals surface area (Å²) in [7, 11) is 1.61. The second-order valence-electron chi connectivity index (χ2n) is 6.00. The number of carboxylic acids is 1. The Balaban J connectivity index is 2.13. The van der Waals surface area contributed by atoms with Gasteiger partial charge in [-0.2, -0.15) is 0 Å². The van der Waals surface area contributed by atoms with Crippen molar-refractivity contribution >= 4 is 11.9 Å². The topological polar surface area (TPSA) is 75.6 Å². The zero-order valence-corrected chi connectivity index (χ0v) is 12.9. The number of nitrogens with one attached hydrogen (secondary N) is 1. The molecule has 2 rings (SSSR count). The van der Waals surface area contributed by atoms with Gasteiger partial charge in [0.05, 0.1) is 18.6 Å². The van der Waals surface area contributed by atoms with Crippen molar-refractivity contribution < 1.29 is 19.4 Å². The number of ether oxygens (including phenoxy) is 1. The minimum atomic E-state index is -0.865. The number of methoxy groups -OCH3 is 1. The molecule has 1 aliphatic carbocycles. The van der Waals surface area contributed by atoms with E-state index in [0.717, 1.165) is 37.7 Å². The number of carboxylic acid groups (broad SMARTS) is 1. The van der Waals surface area contributed by atoms with E-state index in [2.05, 4.69) is 5.32 Å². The van der Waals surface area contributed by atoms with Crippen LogP contribution in [0.5, 0.6) is 0 Å². The average Bonchev–Trinajstić information content (AvgIpc) is 2.48. The summed E-state index contributed by atoms with van der Waals surface area (Å²) in [4.78, 5) is 23.7. The molecule has 0 heterocycles. The Morgan fingerprint density at radius 1 is 1.27 bits per heavy atom. The highest BCUT2D eigenvalue weighted by Crippen LogP contribution is 2.31. The maximum atomic E-state index is 12.5. The van der Waals surface area contributed by atoms with Gasteiger partial charge in [0.2, 0.25) is 0 Å². The van der Waals surface area contributed by atoms with E-state index in [1.807, 2.05) is 12.1 Å². The van der Waals surface area contributed by atoms with Crippen molar-refractivity contribution in [3.8, 4) is 0 Å². The van der Waals surface area contributed by atoms with Crippen LogP contribution in [-0.2, 0) is 16.1 Å². The largest absolute Gasteiger partial charge is 0.481 e. The Bertz CT molecular complexity index is 535. The maximum absolute atomic E-state index is 12.5. The van der Waals surface area contributed by atoms with E-state index in [1.165, 1.54) is 0 Å². The molecular formula is C17H23NO4. The molecule has 5 nitrogen and oxygen atoms in total. The molecule has 1 aromatic carbocycles. The lowest BCUT2D eigenvalue weighted by Crippen LogP contribution is -2.51. The van der Waals surface area contributed by atoms with Crippen molar-refractivity contribution in [2.75, 3.05) is 7.11 Å². The van der Waals surface area contributed by atoms with Crippen molar-refractivity contribution in [2.45, 2.75) is 50.7 Å². The molecule has 0 aliphatic heterocycles. The van der Waals surface area contributed by atoms with Gasteiger partial charge in [-0.25, -0.2) is 0 Å². The molecule has 0 unspecified atom stereocenters. The number of rotatable bonds is 6. The fourth-order valence-corrected chi connectivity index (χ4v) is 3.15. The second-order valence-corrected chi connectivity index (χ2v) is 6.00. The first-order chi connectivity index (χ1) is 10.5. The molecule has 1 fully saturated rings. The molecule has 120 valence electrons. The fourth-order valence-electron chi connectivity index (χ4n) is 3.15. The standard InChI is InChI=1S/C17H23NO4/c1-22-12-13-6-5-7-14(10-13)16(21)18-17(11-15(19)20)8-3-2-4-9-17/h5-7,10H,2-4,8-9,11-12H2,1H3,(H,18,21)(H,19,20). The van der Waals surface area contributed by atoms with Gasteiger partial charge < -0.3 is 15.2 Å². The molecule has 0 spiro atoms. The number of aliphatic carboxylic acids is 1. The first-order valence-electron chi connectivity index (χ1n) is 7.67. The van der Waals surface area contributed by atoms with E-state index in [4.69, 9.17) is 9.84 Å². The Morgan fingerprint density at radius 3 is 2.64 bits per heavy atom. The van der Waals surface area contributed by atoms with Gasteiger partial charge in [0.15, 0.2) is 0 Å². The predicted molar refractivity (Wildman–Crippen MR) is 82.7 cm³/mol. The Labute approximate surface area is 130 Å². The summed E-state index contributed by atoms with van der Waals surface area (Å²) in [5.74, 6) is -1.07. The predicted octanol–water partition coefficient (Wildman–Crippen LogP) is 2.74. The average molecular weight is 305 g/mol. The van der Waals surface area contributed by atoms with Crippen molar-refractivity contribution in [3.63, 3.8) is 0 Å². The van der Waals surface area contributed by atoms with E-state index >= 15 is 0 Å². The van der Waals surface area contributed by atoms with Gasteiger partial charge in [0, 0.05) is 12.7 Å². The first-order valence-corrected chi connectivity index (χ1v) is 7.67. The third kappa shape index (κ3) is 4.31. The van der Waals surface area contributed by atoms with Crippen LogP contribution in [0, 0.1) is 0 Å². The van der Waals surface area contributed by atoms with Crippen LogP contribution in [0.1, 0.15) is 54.4 Å². The zero-order chi connectivity index (χ0) is 16.0. The highest BCUT2D eigenvalue weighted by Gasteiger charge is 2.36. The molecule has 22 heavy (non-hydrogen) atoms. The minimum Gasteiger partial charge on any atom is -0.481 e. The van der Waals surface area contributed by atoms with Crippen LogP contribution in [0.15, 0.2) is 24.3 Å². The summed E-state index contributed by atoms with van der Waals surface area (Å²) in [6, 6.07) is 7.24. The second kappa shape index (κ2) is 7.40. The molecule has 0 aromatic heterocycles. The quantitative estimate of drug-likeness (QED) is 0.847. The molecule has 2 N–H and O–H groups in total. The van der Waals surface area contributed by atoms with Crippen molar-refractivity contribution in [1.82, 2.24) is 5.32 Å². The molecular weight excluding hydrogens is 282 g/mol. The van der Waals surface area contributed by atoms with Gasteiger partial charge in [-0.3, -0.25) is 9.59 Å². The van der Waals surface area contributed by atoms with E-state index < -0.39 is 11.5 Å². The monoisotopic (exact) mass is 305 g/mol. The lowest BCUT2D eigenvalue weighted by molar-refractivity contribution is -0.139. The zero-order valence-electron chi connectivity index (χ0n) is 12.9. The number of hydrogen-bond donors (Lipinski definition) is 2. The highest BCUT2D eigenvalue weighted by molar-refractivity contribution is 5.95. The number of amides is 1. The van der Waals surface area contributed by atoms with E-state index in [-0.39, 0.29) is 12.3 Å². The van der Waals surface area contributed by atoms with E-state index in [9.17, 15) is 9.59 Å². The van der Waals surface area contributed by atoms with Gasteiger partial charge >= 0.3 is 5.97 Å². The van der Waals surface area contributed by atoms with Crippen LogP contribution < -0.4 is 5.32 Å². The SMILES string of the molecule is COCc1cccc(C(=O)NC2(CC(=O)O)CCCCC2)c1. The number of carbonyl (C=O) groups is 2. The van der Waals surface area contributed by atoms with E-state index in [0.29, 0.717) is 12.2 Å². The third-order valence-electron chi connectivity index (χ3n) is 4.18. The van der Waals surface area contributed by atoms with Crippen LogP contribution >= 0.6 is 0 Å². The van der Waals surface area contributed by atoms with Crippen LogP contribution in [0.4, 0.5) is 0 Å². The summed E-state index contributed by atoms with van der Waals surface area (Å²) in [5.41, 5.74) is 0.856. The van der Waals surface area contributed by atoms with Crippen molar-refractivity contribution in [3.05, 3.63) is 35.4 Å². The minimum absolute atomic E-state index is 0.0174. The summed E-state index contributed by atoms with van der Waals surface area (Å²) >= 11 is 0. The summed E-state index contributed by atoms with van der Waals surface area (Å²) in [6.07, 6.45) is 4.44. The maximum Gasteiger partial charge on any atom is 0.305 e. The van der Waals surface area contributed by atoms with Crippen LogP contribution in [-0.4, -0.2) is 29.6 Å². The number of carbonyl (C=O) groups excluding carboxylic acids is 1. The molecule has 0 atom stereocenters. The van der Waals surface area contributed by atoms with Gasteiger partial charge in [-0.1, -0.05) is 31.4 Å². The summed E-state index contributed by atoms with van der Waals surface area (Å²) in [5, 5.41) is 12.1. The van der Waals surface area contributed by atoms with Gasteiger partial charge in [0.25, 0.3) is 5.91 Å². The highest BCUT2D eigenvalue weighted by atomic mass is 16.5. The number of hydrogen-bond acceptors (Lipinski definition) is 3. The van der Waals surface area contributed by atoms with Gasteiger partial charge in [-0.05, 0) is 30.5 Å². The molecule has 1 amide bonds. The van der Waals surface area contributed by atoms with Crippen LogP contribution in [0.25, 0.3) is 0 Å². The van der Waals surface area contributed by atoms with E-state index in [1.54, 1.807) is 19.2 Å². The van der Waals surface area contributed by atoms with Crippen LogP contribution in [0.2, 0.25) is 0 Å². The van der Waals surface area contributed by atoms with Crippen molar-refractivity contribution in [2.24, 2.45) is 0 Å². The molecule has 1 saturated carbocycles. The summed E-state index contributed by atoms with van der Waals surface area (Å²) < 4.78 is 5.08. The smallest absolute Gasteiger partial charge is 0.305 e. The molecule has 1 aromatic rings. The number of benzene rings is 1. The molecule has 1 aliphatic rings. The van der Waals surface area contributed by atoms with Crippen molar-refractivity contribution in [1.29, 1.82) is 0 Å². The molecule has 5 heteroatoms. The fraction of sp³-hybridized carbons (Fsp3) is 0.529. The van der Waals surface area contributed by atoms with Crippen LogP contribution in [0.3, 0.4) is 0 Å². The molecule has 0 bridgehead atoms.